The van der Waals surface area contributed by atoms with Crippen molar-refractivity contribution in [1.29, 1.82) is 0 Å². The van der Waals surface area contributed by atoms with Crippen molar-refractivity contribution < 1.29 is 14.3 Å². The van der Waals surface area contributed by atoms with E-state index in [1.54, 1.807) is 0 Å². The van der Waals surface area contributed by atoms with E-state index in [4.69, 9.17) is 4.74 Å². The summed E-state index contributed by atoms with van der Waals surface area (Å²) in [6, 6.07) is 7.49. The Morgan fingerprint density at radius 2 is 1.85 bits per heavy atom. The van der Waals surface area contributed by atoms with Crippen LogP contribution < -0.4 is 10.1 Å². The minimum atomic E-state index is -0.214. The number of amides is 1. The number of carbonyl (C=O) groups is 2. The van der Waals surface area contributed by atoms with Crippen LogP contribution in [-0.4, -0.2) is 22.8 Å². The Hall–Kier alpha value is -2.56. The van der Waals surface area contributed by atoms with Gasteiger partial charge in [-0.15, -0.1) is 0 Å². The summed E-state index contributed by atoms with van der Waals surface area (Å²) in [5.41, 5.74) is 3.55. The standard InChI is InChI=1S/C21H24N2O3/c1-13-19-17(7-4-8-18(19)24)23-20(13)21(25)22-14-9-11-16(12-10-14)26-15-5-2-3-6-15/h9-12,15,23H,2-8H2,1H3,(H,22,25). The molecule has 2 N–H and O–H groups in total. The van der Waals surface area contributed by atoms with E-state index < -0.39 is 0 Å². The van der Waals surface area contributed by atoms with Gasteiger partial charge < -0.3 is 15.0 Å². The van der Waals surface area contributed by atoms with Gasteiger partial charge in [-0.25, -0.2) is 0 Å². The number of aryl methyl sites for hydroxylation is 1. The number of hydrogen-bond donors (Lipinski definition) is 2. The summed E-state index contributed by atoms with van der Waals surface area (Å²) in [4.78, 5) is 27.9. The Kier molecular flexibility index (Phi) is 4.53. The average molecular weight is 352 g/mol. The van der Waals surface area contributed by atoms with Crippen LogP contribution in [0, 0.1) is 6.92 Å². The number of fused-ring (bicyclic) bond motifs is 1. The van der Waals surface area contributed by atoms with Gasteiger partial charge in [-0.3, -0.25) is 9.59 Å². The van der Waals surface area contributed by atoms with Gasteiger partial charge in [0.05, 0.1) is 6.10 Å². The summed E-state index contributed by atoms with van der Waals surface area (Å²) in [6.07, 6.45) is 7.26. The van der Waals surface area contributed by atoms with E-state index in [1.165, 1.54) is 12.8 Å². The summed E-state index contributed by atoms with van der Waals surface area (Å²) < 4.78 is 5.95. The number of aromatic amines is 1. The van der Waals surface area contributed by atoms with Gasteiger partial charge in [0, 0.05) is 23.4 Å². The lowest BCUT2D eigenvalue weighted by atomic mass is 9.94. The third-order valence-corrected chi connectivity index (χ3v) is 5.38. The van der Waals surface area contributed by atoms with Crippen LogP contribution in [0.2, 0.25) is 0 Å². The SMILES string of the molecule is Cc1c(C(=O)Nc2ccc(OC3CCCC3)cc2)[nH]c2c1C(=O)CCC2. The molecule has 0 unspecified atom stereocenters. The smallest absolute Gasteiger partial charge is 0.272 e. The molecule has 2 aliphatic rings. The lowest BCUT2D eigenvalue weighted by Crippen LogP contribution is -2.14. The Morgan fingerprint density at radius 1 is 1.12 bits per heavy atom. The number of ketones is 1. The molecule has 1 heterocycles. The number of rotatable bonds is 4. The molecule has 0 saturated heterocycles. The first-order valence-electron chi connectivity index (χ1n) is 9.44. The topological polar surface area (TPSA) is 71.2 Å². The summed E-state index contributed by atoms with van der Waals surface area (Å²) in [7, 11) is 0. The number of ether oxygens (including phenoxy) is 1. The maximum atomic E-state index is 12.6. The van der Waals surface area contributed by atoms with Gasteiger partial charge in [0.15, 0.2) is 5.78 Å². The van der Waals surface area contributed by atoms with Gasteiger partial charge >= 0.3 is 0 Å². The van der Waals surface area contributed by atoms with Gasteiger partial charge in [-0.2, -0.15) is 0 Å². The molecule has 1 amide bonds. The number of nitrogens with one attached hydrogen (secondary N) is 2. The van der Waals surface area contributed by atoms with Crippen LogP contribution in [-0.2, 0) is 6.42 Å². The molecule has 0 radical (unpaired) electrons. The second-order valence-corrected chi connectivity index (χ2v) is 7.26. The van der Waals surface area contributed by atoms with Crippen molar-refractivity contribution in [3.8, 4) is 5.75 Å². The van der Waals surface area contributed by atoms with Gasteiger partial charge in [-0.05, 0) is 75.3 Å². The second-order valence-electron chi connectivity index (χ2n) is 7.26. The summed E-state index contributed by atoms with van der Waals surface area (Å²) in [5.74, 6) is 0.758. The fourth-order valence-electron chi connectivity index (χ4n) is 4.01. The number of carbonyl (C=O) groups excluding carboxylic acids is 2. The van der Waals surface area contributed by atoms with Gasteiger partial charge in [0.2, 0.25) is 0 Å². The highest BCUT2D eigenvalue weighted by Gasteiger charge is 2.26. The zero-order valence-corrected chi connectivity index (χ0v) is 15.1. The van der Waals surface area contributed by atoms with E-state index in [2.05, 4.69) is 10.3 Å². The first-order valence-corrected chi connectivity index (χ1v) is 9.44. The third kappa shape index (κ3) is 3.26. The Morgan fingerprint density at radius 3 is 2.54 bits per heavy atom. The van der Waals surface area contributed by atoms with Crippen LogP contribution in [0.3, 0.4) is 0 Å². The Balaban J connectivity index is 1.45. The number of hydrogen-bond acceptors (Lipinski definition) is 3. The first-order chi connectivity index (χ1) is 12.6. The van der Waals surface area contributed by atoms with Crippen molar-refractivity contribution in [2.45, 2.75) is 58.0 Å². The highest BCUT2D eigenvalue weighted by atomic mass is 16.5. The third-order valence-electron chi connectivity index (χ3n) is 5.38. The maximum Gasteiger partial charge on any atom is 0.272 e. The minimum absolute atomic E-state index is 0.132. The molecule has 2 aliphatic carbocycles. The molecule has 5 heteroatoms. The van der Waals surface area contributed by atoms with E-state index in [-0.39, 0.29) is 11.7 Å². The van der Waals surface area contributed by atoms with Crippen molar-refractivity contribution in [2.75, 3.05) is 5.32 Å². The summed E-state index contributed by atoms with van der Waals surface area (Å²) in [6.45, 7) is 1.84. The molecule has 26 heavy (non-hydrogen) atoms. The quantitative estimate of drug-likeness (QED) is 0.856. The molecule has 1 aromatic carbocycles. The number of benzene rings is 1. The van der Waals surface area contributed by atoms with Crippen molar-refractivity contribution in [1.82, 2.24) is 4.98 Å². The van der Waals surface area contributed by atoms with Crippen LogP contribution >= 0.6 is 0 Å². The van der Waals surface area contributed by atoms with Crippen molar-refractivity contribution in [3.05, 3.63) is 46.8 Å². The lowest BCUT2D eigenvalue weighted by molar-refractivity contribution is 0.0971. The number of anilines is 1. The minimum Gasteiger partial charge on any atom is -0.490 e. The van der Waals surface area contributed by atoms with Crippen LogP contribution in [0.5, 0.6) is 5.75 Å². The highest BCUT2D eigenvalue weighted by Crippen LogP contribution is 2.28. The van der Waals surface area contributed by atoms with Gasteiger partial charge in [0.25, 0.3) is 5.91 Å². The maximum absolute atomic E-state index is 12.6. The number of Topliss-reactive ketones (excluding diaryl/α,β-unsaturated/α-hetero) is 1. The molecule has 0 atom stereocenters. The van der Waals surface area contributed by atoms with Crippen molar-refractivity contribution >= 4 is 17.4 Å². The molecule has 4 rings (SSSR count). The molecule has 1 aromatic heterocycles. The van der Waals surface area contributed by atoms with E-state index in [0.29, 0.717) is 29.5 Å². The van der Waals surface area contributed by atoms with E-state index in [9.17, 15) is 9.59 Å². The molecule has 136 valence electrons. The van der Waals surface area contributed by atoms with E-state index in [1.807, 2.05) is 31.2 Å². The molecule has 0 spiro atoms. The molecule has 5 nitrogen and oxygen atoms in total. The fourth-order valence-corrected chi connectivity index (χ4v) is 4.01. The summed E-state index contributed by atoms with van der Waals surface area (Å²) >= 11 is 0. The van der Waals surface area contributed by atoms with Crippen LogP contribution in [0.4, 0.5) is 5.69 Å². The van der Waals surface area contributed by atoms with Crippen LogP contribution in [0.15, 0.2) is 24.3 Å². The normalized spacial score (nSPS) is 17.2. The second kappa shape index (κ2) is 6.98. The van der Waals surface area contributed by atoms with Crippen molar-refractivity contribution in [2.24, 2.45) is 0 Å². The Bertz CT molecular complexity index is 830. The molecular formula is C21H24N2O3. The van der Waals surface area contributed by atoms with Crippen LogP contribution in [0.1, 0.15) is 70.6 Å². The molecular weight excluding hydrogens is 328 g/mol. The van der Waals surface area contributed by atoms with E-state index >= 15 is 0 Å². The average Bonchev–Trinajstić information content (AvgIpc) is 3.25. The number of aromatic nitrogens is 1. The highest BCUT2D eigenvalue weighted by molar-refractivity contribution is 6.08. The van der Waals surface area contributed by atoms with E-state index in [0.717, 1.165) is 42.7 Å². The predicted molar refractivity (Wildman–Crippen MR) is 100 cm³/mol. The molecule has 1 fully saturated rings. The Labute approximate surface area is 153 Å². The van der Waals surface area contributed by atoms with Gasteiger partial charge in [-0.1, -0.05) is 0 Å². The largest absolute Gasteiger partial charge is 0.490 e. The molecule has 0 bridgehead atoms. The summed E-state index contributed by atoms with van der Waals surface area (Å²) in [5, 5.41) is 2.91. The monoisotopic (exact) mass is 352 g/mol. The zero-order chi connectivity index (χ0) is 18.1. The zero-order valence-electron chi connectivity index (χ0n) is 15.1. The van der Waals surface area contributed by atoms with Gasteiger partial charge in [0.1, 0.15) is 11.4 Å². The van der Waals surface area contributed by atoms with Crippen LogP contribution in [0.25, 0.3) is 0 Å². The molecule has 1 saturated carbocycles. The fraction of sp³-hybridized carbons (Fsp3) is 0.429. The lowest BCUT2D eigenvalue weighted by Gasteiger charge is -2.13. The first kappa shape index (κ1) is 16.9. The predicted octanol–water partition coefficient (Wildman–Crippen LogP) is 4.42. The number of H-pyrrole nitrogens is 1. The molecule has 0 aliphatic heterocycles. The molecule has 2 aromatic rings. The van der Waals surface area contributed by atoms with Crippen molar-refractivity contribution in [3.63, 3.8) is 0 Å².